The van der Waals surface area contributed by atoms with Crippen LogP contribution < -0.4 is 16.4 Å². The molecule has 2 amide bonds. The third kappa shape index (κ3) is 4.54. The maximum absolute atomic E-state index is 11.8. The molecule has 104 valence electrons. The van der Waals surface area contributed by atoms with Crippen LogP contribution in [0.25, 0.3) is 0 Å². The minimum absolute atomic E-state index is 0. The summed E-state index contributed by atoms with van der Waals surface area (Å²) in [7, 11) is 0. The second-order valence-electron chi connectivity index (χ2n) is 4.61. The number of rotatable bonds is 4. The van der Waals surface area contributed by atoms with Gasteiger partial charge in [-0.1, -0.05) is 6.07 Å². The van der Waals surface area contributed by atoms with Crippen LogP contribution in [-0.4, -0.2) is 23.9 Å². The van der Waals surface area contributed by atoms with Gasteiger partial charge in [-0.2, -0.15) is 0 Å². The third-order valence-electron chi connectivity index (χ3n) is 2.72. The molecule has 1 fully saturated rings. The van der Waals surface area contributed by atoms with Crippen LogP contribution in [0, 0.1) is 0 Å². The zero-order valence-electron chi connectivity index (χ0n) is 10.7. The van der Waals surface area contributed by atoms with Gasteiger partial charge in [0.25, 0.3) is 5.91 Å². The van der Waals surface area contributed by atoms with E-state index in [1.807, 2.05) is 0 Å². The Morgan fingerprint density at radius 1 is 1.37 bits per heavy atom. The molecule has 1 aliphatic rings. The first kappa shape index (κ1) is 15.5. The summed E-state index contributed by atoms with van der Waals surface area (Å²) in [4.78, 5) is 23.3. The molecule has 19 heavy (non-hydrogen) atoms. The SMILES string of the molecule is CC(N)C(=O)Nc1cccc(C(=O)NC2CC2)c1.Cl. The van der Waals surface area contributed by atoms with E-state index in [-0.39, 0.29) is 24.2 Å². The lowest BCUT2D eigenvalue weighted by Crippen LogP contribution is -2.32. The van der Waals surface area contributed by atoms with Crippen LogP contribution in [0.1, 0.15) is 30.1 Å². The molecule has 1 aromatic carbocycles. The molecule has 6 heteroatoms. The monoisotopic (exact) mass is 283 g/mol. The highest BCUT2D eigenvalue weighted by Gasteiger charge is 2.23. The largest absolute Gasteiger partial charge is 0.349 e. The number of benzene rings is 1. The Balaban J connectivity index is 0.00000180. The second-order valence-corrected chi connectivity index (χ2v) is 4.61. The first-order chi connectivity index (χ1) is 8.56. The molecule has 1 atom stereocenters. The van der Waals surface area contributed by atoms with E-state index in [9.17, 15) is 9.59 Å². The van der Waals surface area contributed by atoms with Crippen molar-refractivity contribution in [3.63, 3.8) is 0 Å². The molecule has 2 rings (SSSR count). The van der Waals surface area contributed by atoms with E-state index >= 15 is 0 Å². The molecule has 0 spiro atoms. The fraction of sp³-hybridized carbons (Fsp3) is 0.385. The summed E-state index contributed by atoms with van der Waals surface area (Å²) in [6, 6.07) is 6.58. The van der Waals surface area contributed by atoms with Crippen LogP contribution >= 0.6 is 12.4 Å². The average Bonchev–Trinajstić information content (AvgIpc) is 3.13. The number of carbonyl (C=O) groups excluding carboxylic acids is 2. The highest BCUT2D eigenvalue weighted by molar-refractivity contribution is 5.98. The predicted molar refractivity (Wildman–Crippen MR) is 76.5 cm³/mol. The van der Waals surface area contributed by atoms with Crippen molar-refractivity contribution >= 4 is 29.9 Å². The number of carbonyl (C=O) groups is 2. The Labute approximate surface area is 118 Å². The van der Waals surface area contributed by atoms with Gasteiger partial charge in [-0.3, -0.25) is 9.59 Å². The Kier molecular flexibility index (Phi) is 5.32. The van der Waals surface area contributed by atoms with Crippen LogP contribution in [0.4, 0.5) is 5.69 Å². The van der Waals surface area contributed by atoms with E-state index in [2.05, 4.69) is 10.6 Å². The normalized spacial score (nSPS) is 15.1. The average molecular weight is 284 g/mol. The van der Waals surface area contributed by atoms with Gasteiger partial charge in [-0.15, -0.1) is 12.4 Å². The molecule has 0 aliphatic heterocycles. The Bertz CT molecular complexity index is 473. The van der Waals surface area contributed by atoms with Crippen LogP contribution in [-0.2, 0) is 4.79 Å². The molecule has 4 N–H and O–H groups in total. The van der Waals surface area contributed by atoms with Crippen molar-refractivity contribution in [3.05, 3.63) is 29.8 Å². The molecule has 0 saturated heterocycles. The highest BCUT2D eigenvalue weighted by atomic mass is 35.5. The zero-order chi connectivity index (χ0) is 13.1. The second kappa shape index (κ2) is 6.54. The van der Waals surface area contributed by atoms with Crippen molar-refractivity contribution in [2.75, 3.05) is 5.32 Å². The van der Waals surface area contributed by atoms with Gasteiger partial charge in [-0.25, -0.2) is 0 Å². The summed E-state index contributed by atoms with van der Waals surface area (Å²) < 4.78 is 0. The summed E-state index contributed by atoms with van der Waals surface area (Å²) in [6.07, 6.45) is 2.10. The van der Waals surface area contributed by atoms with E-state index < -0.39 is 6.04 Å². The van der Waals surface area contributed by atoms with Gasteiger partial charge >= 0.3 is 0 Å². The van der Waals surface area contributed by atoms with E-state index in [0.29, 0.717) is 17.3 Å². The fourth-order valence-corrected chi connectivity index (χ4v) is 1.49. The molecule has 5 nitrogen and oxygen atoms in total. The van der Waals surface area contributed by atoms with Crippen LogP contribution in [0.15, 0.2) is 24.3 Å². The molecule has 1 unspecified atom stereocenters. The summed E-state index contributed by atoms with van der Waals surface area (Å²) in [5.41, 5.74) is 6.59. The molecule has 1 aromatic rings. The molecule has 1 saturated carbocycles. The van der Waals surface area contributed by atoms with Crippen molar-refractivity contribution in [1.29, 1.82) is 0 Å². The highest BCUT2D eigenvalue weighted by Crippen LogP contribution is 2.20. The van der Waals surface area contributed by atoms with E-state index in [0.717, 1.165) is 12.8 Å². The summed E-state index contributed by atoms with van der Waals surface area (Å²) >= 11 is 0. The van der Waals surface area contributed by atoms with Crippen LogP contribution in [0.5, 0.6) is 0 Å². The van der Waals surface area contributed by atoms with Gasteiger partial charge in [0.1, 0.15) is 0 Å². The summed E-state index contributed by atoms with van der Waals surface area (Å²) in [5, 5.41) is 5.56. The quantitative estimate of drug-likeness (QED) is 0.778. The first-order valence-electron chi connectivity index (χ1n) is 6.03. The molecular formula is C13H18ClN3O2. The van der Waals surface area contributed by atoms with Crippen molar-refractivity contribution in [2.45, 2.75) is 31.8 Å². The van der Waals surface area contributed by atoms with Gasteiger partial charge < -0.3 is 16.4 Å². The Hall–Kier alpha value is -1.59. The number of hydrogen-bond donors (Lipinski definition) is 3. The number of amides is 2. The van der Waals surface area contributed by atoms with Crippen molar-refractivity contribution in [3.8, 4) is 0 Å². The van der Waals surface area contributed by atoms with E-state index in [1.165, 1.54) is 0 Å². The standard InChI is InChI=1S/C13H17N3O2.ClH/c1-8(14)12(17)16-11-4-2-3-9(7-11)13(18)15-10-5-6-10;/h2-4,7-8,10H,5-6,14H2,1H3,(H,15,18)(H,16,17);1H. The van der Waals surface area contributed by atoms with E-state index in [4.69, 9.17) is 5.73 Å². The number of halogens is 1. The summed E-state index contributed by atoms with van der Waals surface area (Å²) in [5.74, 6) is -0.371. The lowest BCUT2D eigenvalue weighted by atomic mass is 10.2. The zero-order valence-corrected chi connectivity index (χ0v) is 11.5. The Morgan fingerprint density at radius 2 is 2.05 bits per heavy atom. The predicted octanol–water partition coefficient (Wildman–Crippen LogP) is 1.29. The third-order valence-corrected chi connectivity index (χ3v) is 2.72. The van der Waals surface area contributed by atoms with Crippen LogP contribution in [0.3, 0.4) is 0 Å². The van der Waals surface area contributed by atoms with Gasteiger partial charge in [0, 0.05) is 17.3 Å². The van der Waals surface area contributed by atoms with Gasteiger partial charge in [0.15, 0.2) is 0 Å². The number of hydrogen-bond acceptors (Lipinski definition) is 3. The summed E-state index contributed by atoms with van der Waals surface area (Å²) in [6.45, 7) is 1.61. The van der Waals surface area contributed by atoms with E-state index in [1.54, 1.807) is 31.2 Å². The number of nitrogens with one attached hydrogen (secondary N) is 2. The maximum atomic E-state index is 11.8. The minimum atomic E-state index is -0.575. The fourth-order valence-electron chi connectivity index (χ4n) is 1.49. The topological polar surface area (TPSA) is 84.2 Å². The van der Waals surface area contributed by atoms with Crippen molar-refractivity contribution in [1.82, 2.24) is 5.32 Å². The lowest BCUT2D eigenvalue weighted by molar-refractivity contribution is -0.117. The molecular weight excluding hydrogens is 266 g/mol. The molecule has 0 bridgehead atoms. The van der Waals surface area contributed by atoms with Gasteiger partial charge in [0.2, 0.25) is 5.91 Å². The Morgan fingerprint density at radius 3 is 2.63 bits per heavy atom. The molecule has 0 radical (unpaired) electrons. The first-order valence-corrected chi connectivity index (χ1v) is 6.03. The van der Waals surface area contributed by atoms with Crippen molar-refractivity contribution in [2.24, 2.45) is 5.73 Å². The smallest absolute Gasteiger partial charge is 0.251 e. The number of nitrogens with two attached hydrogens (primary N) is 1. The van der Waals surface area contributed by atoms with Gasteiger partial charge in [-0.05, 0) is 38.0 Å². The lowest BCUT2D eigenvalue weighted by Gasteiger charge is -2.09. The molecule has 1 aliphatic carbocycles. The molecule has 0 heterocycles. The molecule has 0 aromatic heterocycles. The number of anilines is 1. The van der Waals surface area contributed by atoms with Crippen LogP contribution in [0.2, 0.25) is 0 Å². The minimum Gasteiger partial charge on any atom is -0.349 e. The van der Waals surface area contributed by atoms with Crippen molar-refractivity contribution < 1.29 is 9.59 Å². The maximum Gasteiger partial charge on any atom is 0.251 e. The van der Waals surface area contributed by atoms with Gasteiger partial charge in [0.05, 0.1) is 6.04 Å².